The van der Waals surface area contributed by atoms with Crippen molar-refractivity contribution in [1.29, 1.82) is 0 Å². The number of rotatable bonds is 8. The van der Waals surface area contributed by atoms with Gasteiger partial charge >= 0.3 is 11.9 Å². The number of aliphatic carboxylic acids is 3. The second-order valence-corrected chi connectivity index (χ2v) is 3.27. The van der Waals surface area contributed by atoms with Crippen molar-refractivity contribution in [2.75, 3.05) is 13.2 Å². The summed E-state index contributed by atoms with van der Waals surface area (Å²) in [5.41, 5.74) is 0. The van der Waals surface area contributed by atoms with E-state index in [1.807, 2.05) is 0 Å². The number of carboxylic acids is 3. The maximum Gasteiger partial charge on any atom is 0.303 e. The number of hydrogen-bond donors (Lipinski definition) is 3. The standard InChI is InChI=1S/C6H10O.C5H8O4.C2H4O2/c1-3-5-7-6-4-2;6-4(7)2-1-3-5(8)9;1-2(3)4/h3-4H,1-2,5-6H2;1-3H2,(H,6,7)(H,8,9);1H3,(H,3,4). The number of ether oxygens (including phenoxy) is 1. The molecule has 3 N–H and O–H groups in total. The van der Waals surface area contributed by atoms with Crippen LogP contribution in [0.4, 0.5) is 0 Å². The Labute approximate surface area is 118 Å². The maximum absolute atomic E-state index is 9.79. The zero-order chi connectivity index (χ0) is 16.4. The Morgan fingerprint density at radius 3 is 1.45 bits per heavy atom. The monoisotopic (exact) mass is 290 g/mol. The first-order valence-corrected chi connectivity index (χ1v) is 5.70. The molecule has 0 rings (SSSR count). The van der Waals surface area contributed by atoms with Gasteiger partial charge in [-0.2, -0.15) is 0 Å². The average Bonchev–Trinajstić information content (AvgIpc) is 2.28. The first-order chi connectivity index (χ1) is 9.27. The molecule has 0 aliphatic heterocycles. The van der Waals surface area contributed by atoms with Crippen LogP contribution in [0.5, 0.6) is 0 Å². The summed E-state index contributed by atoms with van der Waals surface area (Å²) >= 11 is 0. The van der Waals surface area contributed by atoms with Gasteiger partial charge in [-0.3, -0.25) is 14.4 Å². The highest BCUT2D eigenvalue weighted by Crippen LogP contribution is 1.93. The van der Waals surface area contributed by atoms with Crippen LogP contribution in [0.15, 0.2) is 25.3 Å². The Morgan fingerprint density at radius 2 is 1.25 bits per heavy atom. The van der Waals surface area contributed by atoms with Crippen molar-refractivity contribution in [2.45, 2.75) is 26.2 Å². The van der Waals surface area contributed by atoms with E-state index in [4.69, 9.17) is 24.9 Å². The molecule has 0 aromatic heterocycles. The fourth-order valence-electron chi connectivity index (χ4n) is 0.626. The predicted molar refractivity (Wildman–Crippen MR) is 73.6 cm³/mol. The number of carbonyl (C=O) groups is 3. The van der Waals surface area contributed by atoms with Crippen molar-refractivity contribution in [3.8, 4) is 0 Å². The highest BCUT2D eigenvalue weighted by molar-refractivity contribution is 5.69. The Hall–Kier alpha value is -2.15. The largest absolute Gasteiger partial charge is 0.481 e. The minimum atomic E-state index is -0.948. The Bertz CT molecular complexity index is 271. The first kappa shape index (κ1) is 23.0. The van der Waals surface area contributed by atoms with E-state index >= 15 is 0 Å². The highest BCUT2D eigenvalue weighted by Gasteiger charge is 1.99. The van der Waals surface area contributed by atoms with Gasteiger partial charge in [0, 0.05) is 19.8 Å². The summed E-state index contributed by atoms with van der Waals surface area (Å²) in [6, 6.07) is 0. The average molecular weight is 290 g/mol. The quantitative estimate of drug-likeness (QED) is 0.460. The van der Waals surface area contributed by atoms with E-state index in [1.54, 1.807) is 12.2 Å². The molecule has 0 aromatic rings. The van der Waals surface area contributed by atoms with Crippen LogP contribution in [0.25, 0.3) is 0 Å². The summed E-state index contributed by atoms with van der Waals surface area (Å²) in [6.07, 6.45) is 3.51. The van der Waals surface area contributed by atoms with Gasteiger partial charge in [-0.15, -0.1) is 13.2 Å². The highest BCUT2D eigenvalue weighted by atomic mass is 16.5. The fourth-order valence-corrected chi connectivity index (χ4v) is 0.626. The molecule has 0 aliphatic carbocycles. The second-order valence-electron chi connectivity index (χ2n) is 3.27. The van der Waals surface area contributed by atoms with Crippen molar-refractivity contribution in [3.05, 3.63) is 25.3 Å². The molecule has 7 heteroatoms. The molecule has 0 heterocycles. The molecule has 0 saturated heterocycles. The van der Waals surface area contributed by atoms with Crippen molar-refractivity contribution in [3.63, 3.8) is 0 Å². The van der Waals surface area contributed by atoms with E-state index in [1.165, 1.54) is 0 Å². The van der Waals surface area contributed by atoms with Crippen molar-refractivity contribution < 1.29 is 34.4 Å². The molecule has 0 bridgehead atoms. The molecule has 0 radical (unpaired) electrons. The number of carboxylic acid groups (broad SMARTS) is 3. The summed E-state index contributed by atoms with van der Waals surface area (Å²) in [5, 5.41) is 23.5. The van der Waals surface area contributed by atoms with Gasteiger partial charge in [0.2, 0.25) is 0 Å². The third-order valence-corrected chi connectivity index (χ3v) is 1.25. The van der Waals surface area contributed by atoms with Gasteiger partial charge < -0.3 is 20.1 Å². The summed E-state index contributed by atoms with van der Waals surface area (Å²) in [4.78, 5) is 28.6. The van der Waals surface area contributed by atoms with Gasteiger partial charge in [-0.05, 0) is 6.42 Å². The molecule has 20 heavy (non-hydrogen) atoms. The van der Waals surface area contributed by atoms with E-state index in [0.717, 1.165) is 6.92 Å². The molecule has 0 unspecified atom stereocenters. The van der Waals surface area contributed by atoms with Crippen LogP contribution in [-0.2, 0) is 19.1 Å². The van der Waals surface area contributed by atoms with Crippen LogP contribution < -0.4 is 0 Å². The lowest BCUT2D eigenvalue weighted by Crippen LogP contribution is -1.98. The Kier molecular flexibility index (Phi) is 22.1. The van der Waals surface area contributed by atoms with Crippen LogP contribution >= 0.6 is 0 Å². The van der Waals surface area contributed by atoms with Crippen LogP contribution in [0.2, 0.25) is 0 Å². The maximum atomic E-state index is 9.79. The molecule has 0 aliphatic rings. The van der Waals surface area contributed by atoms with E-state index in [9.17, 15) is 9.59 Å². The SMILES string of the molecule is C=CCOCC=C.CC(=O)O.O=C(O)CCCC(=O)O. The van der Waals surface area contributed by atoms with Crippen molar-refractivity contribution in [2.24, 2.45) is 0 Å². The summed E-state index contributed by atoms with van der Waals surface area (Å²) in [6.45, 7) is 9.26. The third-order valence-electron chi connectivity index (χ3n) is 1.25. The van der Waals surface area contributed by atoms with Gasteiger partial charge in [-0.25, -0.2) is 0 Å². The fraction of sp³-hybridized carbons (Fsp3) is 0.462. The van der Waals surface area contributed by atoms with Gasteiger partial charge in [0.15, 0.2) is 0 Å². The normalized spacial score (nSPS) is 8.05. The number of hydrogen-bond acceptors (Lipinski definition) is 4. The molecule has 0 amide bonds. The molecule has 0 spiro atoms. The lowest BCUT2D eigenvalue weighted by atomic mass is 10.2. The van der Waals surface area contributed by atoms with E-state index in [-0.39, 0.29) is 19.3 Å². The van der Waals surface area contributed by atoms with Gasteiger partial charge in [0.05, 0.1) is 13.2 Å². The van der Waals surface area contributed by atoms with Crippen LogP contribution in [0.1, 0.15) is 26.2 Å². The summed E-state index contributed by atoms with van der Waals surface area (Å²) < 4.78 is 4.90. The molecular formula is C13H22O7. The third kappa shape index (κ3) is 56.7. The zero-order valence-electron chi connectivity index (χ0n) is 11.6. The molecule has 0 aromatic carbocycles. The lowest BCUT2D eigenvalue weighted by molar-refractivity contribution is -0.139. The molecule has 0 fully saturated rings. The first-order valence-electron chi connectivity index (χ1n) is 5.70. The van der Waals surface area contributed by atoms with Gasteiger partial charge in [0.25, 0.3) is 5.97 Å². The van der Waals surface area contributed by atoms with E-state index in [0.29, 0.717) is 13.2 Å². The molecule has 116 valence electrons. The smallest absolute Gasteiger partial charge is 0.303 e. The van der Waals surface area contributed by atoms with E-state index in [2.05, 4.69) is 13.2 Å². The topological polar surface area (TPSA) is 121 Å². The van der Waals surface area contributed by atoms with Crippen molar-refractivity contribution in [1.82, 2.24) is 0 Å². The van der Waals surface area contributed by atoms with Crippen molar-refractivity contribution >= 4 is 17.9 Å². The van der Waals surface area contributed by atoms with Crippen LogP contribution in [-0.4, -0.2) is 46.4 Å². The second kappa shape index (κ2) is 19.2. The summed E-state index contributed by atoms with van der Waals surface area (Å²) in [7, 11) is 0. The predicted octanol–water partition coefficient (Wildman–Crippen LogP) is 1.79. The minimum absolute atomic E-state index is 0.0632. The molecular weight excluding hydrogens is 268 g/mol. The molecule has 0 atom stereocenters. The van der Waals surface area contributed by atoms with Crippen LogP contribution in [0.3, 0.4) is 0 Å². The van der Waals surface area contributed by atoms with Crippen LogP contribution in [0, 0.1) is 0 Å². The van der Waals surface area contributed by atoms with Gasteiger partial charge in [0.1, 0.15) is 0 Å². The Balaban J connectivity index is -0.000000234. The zero-order valence-corrected chi connectivity index (χ0v) is 11.6. The Morgan fingerprint density at radius 1 is 0.950 bits per heavy atom. The minimum Gasteiger partial charge on any atom is -0.481 e. The molecule has 7 nitrogen and oxygen atoms in total. The van der Waals surface area contributed by atoms with Gasteiger partial charge in [-0.1, -0.05) is 12.2 Å². The summed E-state index contributed by atoms with van der Waals surface area (Å²) in [5.74, 6) is -2.73. The molecule has 0 saturated carbocycles. The lowest BCUT2D eigenvalue weighted by Gasteiger charge is -1.89. The van der Waals surface area contributed by atoms with E-state index < -0.39 is 17.9 Å².